The maximum Gasteiger partial charge on any atom is 0.272 e. The fraction of sp³-hybridized carbons (Fsp3) is 0.522. The fourth-order valence-corrected chi connectivity index (χ4v) is 4.30. The van der Waals surface area contributed by atoms with Crippen molar-refractivity contribution in [1.29, 1.82) is 0 Å². The molecule has 0 spiro atoms. The zero-order valence-electron chi connectivity index (χ0n) is 18.1. The molecule has 2 aromatic rings. The molecular formula is C23H31ClN4O2. The van der Waals surface area contributed by atoms with E-state index in [1.807, 2.05) is 24.1 Å². The summed E-state index contributed by atoms with van der Waals surface area (Å²) in [6.07, 6.45) is 4.55. The van der Waals surface area contributed by atoms with Gasteiger partial charge in [0.25, 0.3) is 5.91 Å². The van der Waals surface area contributed by atoms with E-state index < -0.39 is 0 Å². The number of hydrogen-bond donors (Lipinski definition) is 1. The Morgan fingerprint density at radius 1 is 1.17 bits per heavy atom. The molecule has 1 aromatic heterocycles. The third kappa shape index (κ3) is 5.04. The highest BCUT2D eigenvalue weighted by Gasteiger charge is 2.31. The number of aryl methyl sites for hydroxylation is 1. The molecule has 0 aliphatic carbocycles. The minimum absolute atomic E-state index is 0.0698. The first-order valence-electron chi connectivity index (χ1n) is 10.8. The quantitative estimate of drug-likeness (QED) is 0.685. The van der Waals surface area contributed by atoms with E-state index in [-0.39, 0.29) is 17.7 Å². The average Bonchev–Trinajstić information content (AvgIpc) is 3.08. The number of amides is 2. The largest absolute Gasteiger partial charge is 0.347 e. The number of aromatic nitrogens is 2. The molecule has 7 heteroatoms. The minimum Gasteiger partial charge on any atom is -0.347 e. The van der Waals surface area contributed by atoms with Crippen LogP contribution in [0.3, 0.4) is 0 Å². The van der Waals surface area contributed by atoms with Crippen molar-refractivity contribution in [2.75, 3.05) is 6.54 Å². The van der Waals surface area contributed by atoms with Crippen LogP contribution in [-0.4, -0.2) is 33.0 Å². The molecular weight excluding hydrogens is 400 g/mol. The summed E-state index contributed by atoms with van der Waals surface area (Å²) in [4.78, 5) is 27.9. The van der Waals surface area contributed by atoms with Crippen LogP contribution in [0.15, 0.2) is 24.3 Å². The molecule has 30 heavy (non-hydrogen) atoms. The SMILES string of the molecule is CCCC(CCC)C(=O)N1CCc2c(c(C(=O)NCc3ccc(Cl)cc3)nn2C)C1. The first-order valence-corrected chi connectivity index (χ1v) is 11.2. The first kappa shape index (κ1) is 22.3. The Hall–Kier alpha value is -2.34. The van der Waals surface area contributed by atoms with Gasteiger partial charge in [-0.2, -0.15) is 5.10 Å². The van der Waals surface area contributed by atoms with Crippen LogP contribution in [0.25, 0.3) is 0 Å². The van der Waals surface area contributed by atoms with Gasteiger partial charge in [0, 0.05) is 55.3 Å². The summed E-state index contributed by atoms with van der Waals surface area (Å²) in [5.74, 6) is 0.0656. The number of nitrogens with zero attached hydrogens (tertiary/aromatic N) is 3. The smallest absolute Gasteiger partial charge is 0.272 e. The number of carbonyl (C=O) groups excluding carboxylic acids is 2. The molecule has 6 nitrogen and oxygen atoms in total. The molecule has 0 radical (unpaired) electrons. The highest BCUT2D eigenvalue weighted by Crippen LogP contribution is 2.26. The molecule has 0 bridgehead atoms. The summed E-state index contributed by atoms with van der Waals surface area (Å²) in [5.41, 5.74) is 3.30. The van der Waals surface area contributed by atoms with E-state index in [9.17, 15) is 9.59 Å². The van der Waals surface area contributed by atoms with E-state index in [4.69, 9.17) is 11.6 Å². The second-order valence-corrected chi connectivity index (χ2v) is 8.43. The Kier molecular flexibility index (Phi) is 7.53. The Labute approximate surface area is 183 Å². The lowest BCUT2D eigenvalue weighted by Gasteiger charge is -2.31. The molecule has 3 rings (SSSR count). The van der Waals surface area contributed by atoms with Crippen LogP contribution in [-0.2, 0) is 31.4 Å². The van der Waals surface area contributed by atoms with Crippen molar-refractivity contribution in [3.05, 3.63) is 51.8 Å². The van der Waals surface area contributed by atoms with Crippen molar-refractivity contribution in [2.24, 2.45) is 13.0 Å². The molecule has 0 atom stereocenters. The second kappa shape index (κ2) is 10.1. The number of fused-ring (bicyclic) bond motifs is 1. The summed E-state index contributed by atoms with van der Waals surface area (Å²) < 4.78 is 1.78. The molecule has 1 aliphatic rings. The van der Waals surface area contributed by atoms with Crippen LogP contribution in [0.4, 0.5) is 0 Å². The van der Waals surface area contributed by atoms with Crippen molar-refractivity contribution in [3.8, 4) is 0 Å². The maximum absolute atomic E-state index is 13.1. The monoisotopic (exact) mass is 430 g/mol. The summed E-state index contributed by atoms with van der Waals surface area (Å²) >= 11 is 5.92. The van der Waals surface area contributed by atoms with E-state index in [0.717, 1.165) is 48.9 Å². The summed E-state index contributed by atoms with van der Waals surface area (Å²) in [6, 6.07) is 7.38. The molecule has 1 N–H and O–H groups in total. The fourth-order valence-electron chi connectivity index (χ4n) is 4.18. The molecule has 1 aromatic carbocycles. The lowest BCUT2D eigenvalue weighted by atomic mass is 9.95. The van der Waals surface area contributed by atoms with Gasteiger partial charge in [-0.3, -0.25) is 14.3 Å². The third-order valence-electron chi connectivity index (χ3n) is 5.76. The zero-order chi connectivity index (χ0) is 21.7. The van der Waals surface area contributed by atoms with Crippen LogP contribution in [0, 0.1) is 5.92 Å². The van der Waals surface area contributed by atoms with Gasteiger partial charge >= 0.3 is 0 Å². The second-order valence-electron chi connectivity index (χ2n) is 7.99. The van der Waals surface area contributed by atoms with E-state index in [1.54, 1.807) is 16.8 Å². The lowest BCUT2D eigenvalue weighted by Crippen LogP contribution is -2.40. The van der Waals surface area contributed by atoms with E-state index in [2.05, 4.69) is 24.3 Å². The zero-order valence-corrected chi connectivity index (χ0v) is 18.8. The van der Waals surface area contributed by atoms with E-state index in [1.165, 1.54) is 0 Å². The molecule has 0 saturated heterocycles. The van der Waals surface area contributed by atoms with Gasteiger partial charge in [0.2, 0.25) is 5.91 Å². The number of carbonyl (C=O) groups is 2. The molecule has 1 aliphatic heterocycles. The van der Waals surface area contributed by atoms with Gasteiger partial charge in [-0.05, 0) is 30.5 Å². The number of rotatable bonds is 8. The van der Waals surface area contributed by atoms with Crippen LogP contribution in [0.5, 0.6) is 0 Å². The number of nitrogens with one attached hydrogen (secondary N) is 1. The van der Waals surface area contributed by atoms with Crippen LogP contribution >= 0.6 is 11.6 Å². The van der Waals surface area contributed by atoms with Gasteiger partial charge in [0.15, 0.2) is 5.69 Å². The van der Waals surface area contributed by atoms with Crippen molar-refractivity contribution < 1.29 is 9.59 Å². The van der Waals surface area contributed by atoms with Crippen LogP contribution in [0.1, 0.15) is 66.8 Å². The Morgan fingerprint density at radius 2 is 1.83 bits per heavy atom. The number of hydrogen-bond acceptors (Lipinski definition) is 3. The molecule has 162 valence electrons. The van der Waals surface area contributed by atoms with Crippen molar-refractivity contribution in [2.45, 2.75) is 59.0 Å². The summed E-state index contributed by atoms with van der Waals surface area (Å²) in [5, 5.41) is 8.08. The van der Waals surface area contributed by atoms with Crippen LogP contribution in [0.2, 0.25) is 5.02 Å². The molecule has 2 heterocycles. The normalized spacial score (nSPS) is 13.4. The van der Waals surface area contributed by atoms with E-state index in [0.29, 0.717) is 30.4 Å². The minimum atomic E-state index is -0.213. The molecule has 0 fully saturated rings. The van der Waals surface area contributed by atoms with Crippen LogP contribution < -0.4 is 5.32 Å². The van der Waals surface area contributed by atoms with Gasteiger partial charge in [-0.1, -0.05) is 50.4 Å². The number of halogens is 1. The molecule has 2 amide bonds. The highest BCUT2D eigenvalue weighted by molar-refractivity contribution is 6.30. The summed E-state index contributed by atoms with van der Waals surface area (Å²) in [6.45, 7) is 5.78. The summed E-state index contributed by atoms with van der Waals surface area (Å²) in [7, 11) is 1.86. The standard InChI is InChI=1S/C23H31ClN4O2/c1-4-6-17(7-5-2)23(30)28-13-12-20-19(15-28)21(26-27(20)3)22(29)25-14-16-8-10-18(24)11-9-16/h8-11,17H,4-7,12-15H2,1-3H3,(H,25,29). The molecule has 0 unspecified atom stereocenters. The number of benzene rings is 1. The Morgan fingerprint density at radius 3 is 2.47 bits per heavy atom. The predicted octanol–water partition coefficient (Wildman–Crippen LogP) is 4.10. The predicted molar refractivity (Wildman–Crippen MR) is 118 cm³/mol. The Balaban J connectivity index is 1.73. The molecule has 0 saturated carbocycles. The van der Waals surface area contributed by atoms with Gasteiger partial charge < -0.3 is 10.2 Å². The lowest BCUT2D eigenvalue weighted by molar-refractivity contribution is -0.137. The first-order chi connectivity index (χ1) is 14.4. The van der Waals surface area contributed by atoms with E-state index >= 15 is 0 Å². The van der Waals surface area contributed by atoms with Crippen molar-refractivity contribution in [3.63, 3.8) is 0 Å². The van der Waals surface area contributed by atoms with Crippen molar-refractivity contribution in [1.82, 2.24) is 20.0 Å². The average molecular weight is 431 g/mol. The van der Waals surface area contributed by atoms with Gasteiger partial charge in [0.1, 0.15) is 0 Å². The third-order valence-corrected chi connectivity index (χ3v) is 6.01. The topological polar surface area (TPSA) is 67.2 Å². The Bertz CT molecular complexity index is 885. The van der Waals surface area contributed by atoms with Crippen molar-refractivity contribution >= 4 is 23.4 Å². The van der Waals surface area contributed by atoms with Gasteiger partial charge in [-0.25, -0.2) is 0 Å². The highest BCUT2D eigenvalue weighted by atomic mass is 35.5. The van der Waals surface area contributed by atoms with Gasteiger partial charge in [-0.15, -0.1) is 0 Å². The van der Waals surface area contributed by atoms with Gasteiger partial charge in [0.05, 0.1) is 0 Å². The maximum atomic E-state index is 13.1.